The molecule has 23 heavy (non-hydrogen) atoms. The summed E-state index contributed by atoms with van der Waals surface area (Å²) < 4.78 is 39.3. The van der Waals surface area contributed by atoms with Gasteiger partial charge < -0.3 is 20.2 Å². The number of carbonyl (C=O) groups excluding carboxylic acids is 1. The number of amides is 1. The quantitative estimate of drug-likeness (QED) is 0.678. The second-order valence-corrected chi connectivity index (χ2v) is 5.65. The molecular formula is C14H17F3N2O4. The van der Waals surface area contributed by atoms with Gasteiger partial charge in [-0.25, -0.2) is 0 Å². The maximum atomic E-state index is 13.1. The van der Waals surface area contributed by atoms with Crippen LogP contribution in [0.2, 0.25) is 0 Å². The third kappa shape index (κ3) is 3.29. The van der Waals surface area contributed by atoms with Crippen molar-refractivity contribution in [2.24, 2.45) is 0 Å². The van der Waals surface area contributed by atoms with E-state index in [1.165, 1.54) is 7.05 Å². The third-order valence-corrected chi connectivity index (χ3v) is 4.05. The molecule has 2 atom stereocenters. The number of carbonyl (C=O) groups is 1. The Morgan fingerprint density at radius 2 is 1.70 bits per heavy atom. The van der Waals surface area contributed by atoms with Crippen LogP contribution in [0.5, 0.6) is 17.2 Å². The summed E-state index contributed by atoms with van der Waals surface area (Å²) in [5.74, 6) is -2.99. The number of likely N-dealkylation sites (N-methyl/N-ethyl adjacent to an activating group) is 1. The molecular weight excluding hydrogens is 317 g/mol. The SMILES string of the molecule is CC1CN(C(=O)c2cc(O)c(O)c(O)c2)CC(C(F)(F)F)N1C. The zero-order valence-electron chi connectivity index (χ0n) is 12.5. The number of rotatable bonds is 1. The molecule has 0 saturated carbocycles. The highest BCUT2D eigenvalue weighted by atomic mass is 19.4. The molecule has 0 bridgehead atoms. The lowest BCUT2D eigenvalue weighted by molar-refractivity contribution is -0.197. The molecule has 3 N–H and O–H groups in total. The lowest BCUT2D eigenvalue weighted by Gasteiger charge is -2.44. The second-order valence-electron chi connectivity index (χ2n) is 5.65. The smallest absolute Gasteiger partial charge is 0.405 e. The van der Waals surface area contributed by atoms with Crippen LogP contribution in [0.15, 0.2) is 12.1 Å². The summed E-state index contributed by atoms with van der Waals surface area (Å²) in [7, 11) is 1.35. The van der Waals surface area contributed by atoms with Gasteiger partial charge in [-0.1, -0.05) is 0 Å². The fourth-order valence-electron chi connectivity index (χ4n) is 2.58. The molecule has 1 fully saturated rings. The van der Waals surface area contributed by atoms with Gasteiger partial charge in [-0.05, 0) is 26.1 Å². The Labute approximate surface area is 130 Å². The van der Waals surface area contributed by atoms with Gasteiger partial charge in [0.05, 0.1) is 0 Å². The highest BCUT2D eigenvalue weighted by Crippen LogP contribution is 2.36. The Morgan fingerprint density at radius 3 is 2.17 bits per heavy atom. The van der Waals surface area contributed by atoms with Crippen LogP contribution in [0, 0.1) is 0 Å². The van der Waals surface area contributed by atoms with E-state index in [2.05, 4.69) is 0 Å². The van der Waals surface area contributed by atoms with Crippen LogP contribution in [0.3, 0.4) is 0 Å². The number of piperazine rings is 1. The number of phenolic OH excluding ortho intramolecular Hbond substituents is 3. The van der Waals surface area contributed by atoms with Gasteiger partial charge in [0.2, 0.25) is 0 Å². The maximum Gasteiger partial charge on any atom is 0.405 e. The summed E-state index contributed by atoms with van der Waals surface area (Å²) in [4.78, 5) is 14.6. The molecule has 2 unspecified atom stereocenters. The van der Waals surface area contributed by atoms with Gasteiger partial charge in [-0.15, -0.1) is 0 Å². The van der Waals surface area contributed by atoms with Crippen molar-refractivity contribution in [3.8, 4) is 17.2 Å². The highest BCUT2D eigenvalue weighted by molar-refractivity contribution is 5.95. The summed E-state index contributed by atoms with van der Waals surface area (Å²) in [6.07, 6.45) is -4.48. The van der Waals surface area contributed by atoms with Crippen LogP contribution in [-0.2, 0) is 0 Å². The van der Waals surface area contributed by atoms with Crippen molar-refractivity contribution in [1.29, 1.82) is 0 Å². The normalized spacial score (nSPS) is 23.1. The first-order valence-corrected chi connectivity index (χ1v) is 6.85. The molecule has 1 amide bonds. The molecule has 2 rings (SSSR count). The molecule has 9 heteroatoms. The number of alkyl halides is 3. The van der Waals surface area contributed by atoms with E-state index < -0.39 is 48.0 Å². The van der Waals surface area contributed by atoms with E-state index in [0.717, 1.165) is 21.9 Å². The van der Waals surface area contributed by atoms with Gasteiger partial charge in [0.15, 0.2) is 17.2 Å². The monoisotopic (exact) mass is 334 g/mol. The fourth-order valence-corrected chi connectivity index (χ4v) is 2.58. The van der Waals surface area contributed by atoms with E-state index in [4.69, 9.17) is 0 Å². The van der Waals surface area contributed by atoms with Crippen LogP contribution < -0.4 is 0 Å². The van der Waals surface area contributed by atoms with Crippen LogP contribution >= 0.6 is 0 Å². The number of benzene rings is 1. The second kappa shape index (κ2) is 5.80. The lowest BCUT2D eigenvalue weighted by Crippen LogP contribution is -2.62. The molecule has 0 radical (unpaired) electrons. The maximum absolute atomic E-state index is 13.1. The Morgan fingerprint density at radius 1 is 1.17 bits per heavy atom. The standard InChI is InChI=1S/C14H17F3N2O4/c1-7-5-19(6-11(18(7)2)14(15,16)17)13(23)8-3-9(20)12(22)10(21)4-8/h3-4,7,11,20-22H,5-6H2,1-2H3. The Balaban J connectivity index is 2.29. The van der Waals surface area contributed by atoms with E-state index in [1.807, 2.05) is 0 Å². The molecule has 1 aliphatic heterocycles. The van der Waals surface area contributed by atoms with Crippen molar-refractivity contribution in [1.82, 2.24) is 9.80 Å². The van der Waals surface area contributed by atoms with E-state index in [0.29, 0.717) is 0 Å². The Bertz CT molecular complexity index is 598. The van der Waals surface area contributed by atoms with Gasteiger partial charge in [0.1, 0.15) is 6.04 Å². The minimum atomic E-state index is -4.48. The van der Waals surface area contributed by atoms with Crippen molar-refractivity contribution in [2.45, 2.75) is 25.2 Å². The molecule has 1 heterocycles. The lowest BCUT2D eigenvalue weighted by atomic mass is 10.1. The molecule has 1 aromatic carbocycles. The fraction of sp³-hybridized carbons (Fsp3) is 0.500. The first-order valence-electron chi connectivity index (χ1n) is 6.85. The molecule has 0 spiro atoms. The van der Waals surface area contributed by atoms with Crippen LogP contribution in [0.25, 0.3) is 0 Å². The molecule has 0 aromatic heterocycles. The van der Waals surface area contributed by atoms with Crippen molar-refractivity contribution >= 4 is 5.91 Å². The van der Waals surface area contributed by atoms with Gasteiger partial charge in [-0.3, -0.25) is 9.69 Å². The zero-order chi connectivity index (χ0) is 17.5. The van der Waals surface area contributed by atoms with Gasteiger partial charge in [0, 0.05) is 24.7 Å². The predicted octanol–water partition coefficient (Wildman–Crippen LogP) is 1.51. The van der Waals surface area contributed by atoms with Crippen molar-refractivity contribution in [2.75, 3.05) is 20.1 Å². The summed E-state index contributed by atoms with van der Waals surface area (Å²) >= 11 is 0. The number of aromatic hydroxyl groups is 3. The topological polar surface area (TPSA) is 84.2 Å². The first kappa shape index (κ1) is 17.2. The molecule has 6 nitrogen and oxygen atoms in total. The molecule has 1 aromatic rings. The number of nitrogens with zero attached hydrogens (tertiary/aromatic N) is 2. The molecule has 0 aliphatic carbocycles. The summed E-state index contributed by atoms with van der Waals surface area (Å²) in [5.41, 5.74) is -0.199. The van der Waals surface area contributed by atoms with Crippen LogP contribution in [0.1, 0.15) is 17.3 Å². The van der Waals surface area contributed by atoms with E-state index >= 15 is 0 Å². The molecule has 1 saturated heterocycles. The van der Waals surface area contributed by atoms with Crippen LogP contribution in [-0.4, -0.2) is 69.4 Å². The first-order chi connectivity index (χ1) is 10.5. The average molecular weight is 334 g/mol. The number of halogens is 3. The van der Waals surface area contributed by atoms with E-state index in [1.54, 1.807) is 6.92 Å². The van der Waals surface area contributed by atoms with Gasteiger partial charge in [0.25, 0.3) is 5.91 Å². The number of hydrogen-bond acceptors (Lipinski definition) is 5. The average Bonchev–Trinajstić information content (AvgIpc) is 2.44. The zero-order valence-corrected chi connectivity index (χ0v) is 12.5. The summed E-state index contributed by atoms with van der Waals surface area (Å²) in [6.45, 7) is 1.10. The van der Waals surface area contributed by atoms with Crippen molar-refractivity contribution < 1.29 is 33.3 Å². The molecule has 1 aliphatic rings. The molecule has 128 valence electrons. The minimum absolute atomic E-state index is 0.0737. The highest BCUT2D eigenvalue weighted by Gasteiger charge is 2.48. The third-order valence-electron chi connectivity index (χ3n) is 4.05. The van der Waals surface area contributed by atoms with Gasteiger partial charge >= 0.3 is 6.18 Å². The Hall–Kier alpha value is -2.16. The number of phenols is 3. The van der Waals surface area contributed by atoms with E-state index in [9.17, 15) is 33.3 Å². The number of hydrogen-bond donors (Lipinski definition) is 3. The largest absolute Gasteiger partial charge is 0.504 e. The summed E-state index contributed by atoms with van der Waals surface area (Å²) in [5, 5.41) is 28.1. The van der Waals surface area contributed by atoms with Gasteiger partial charge in [-0.2, -0.15) is 13.2 Å². The van der Waals surface area contributed by atoms with Crippen LogP contribution in [0.4, 0.5) is 13.2 Å². The Kier molecular flexibility index (Phi) is 4.34. The van der Waals surface area contributed by atoms with Crippen molar-refractivity contribution in [3.63, 3.8) is 0 Å². The summed E-state index contributed by atoms with van der Waals surface area (Å²) in [6, 6.07) is -0.500. The minimum Gasteiger partial charge on any atom is -0.504 e. The van der Waals surface area contributed by atoms with Crippen molar-refractivity contribution in [3.05, 3.63) is 17.7 Å². The van der Waals surface area contributed by atoms with E-state index in [-0.39, 0.29) is 12.1 Å². The predicted molar refractivity (Wildman–Crippen MR) is 74.4 cm³/mol.